The number of hydrogen-bond acceptors (Lipinski definition) is 5. The molecule has 2 rings (SSSR count). The fourth-order valence-corrected chi connectivity index (χ4v) is 3.61. The standard InChI is InChI=1S/C15H21N3O5S/c1-9(2)6-11(15(16)20)17-24(21,22)10-4-5-13-12(7-10)18(3)14(19)8-23-13/h4-5,7,9,11,17H,6,8H2,1-3H3,(H2,16,20)/t11-/m1/s1. The minimum absolute atomic E-state index is 0.0681. The molecule has 132 valence electrons. The largest absolute Gasteiger partial charge is 0.482 e. The van der Waals surface area contributed by atoms with E-state index in [-0.39, 0.29) is 23.3 Å². The summed E-state index contributed by atoms with van der Waals surface area (Å²) in [6.07, 6.45) is 0.293. The van der Waals surface area contributed by atoms with Crippen molar-refractivity contribution in [1.82, 2.24) is 4.72 Å². The van der Waals surface area contributed by atoms with Gasteiger partial charge in [0, 0.05) is 7.05 Å². The normalized spacial score (nSPS) is 15.8. The van der Waals surface area contributed by atoms with Crippen LogP contribution in [0.4, 0.5) is 5.69 Å². The lowest BCUT2D eigenvalue weighted by molar-refractivity contribution is -0.121. The van der Waals surface area contributed by atoms with Crippen LogP contribution in [0.25, 0.3) is 0 Å². The lowest BCUT2D eigenvalue weighted by Crippen LogP contribution is -2.45. The number of hydrogen-bond donors (Lipinski definition) is 2. The molecule has 8 nitrogen and oxygen atoms in total. The van der Waals surface area contributed by atoms with Crippen LogP contribution in [0.3, 0.4) is 0 Å². The Morgan fingerprint density at radius 3 is 2.67 bits per heavy atom. The van der Waals surface area contributed by atoms with Crippen molar-refractivity contribution >= 4 is 27.5 Å². The van der Waals surface area contributed by atoms with Crippen molar-refractivity contribution in [2.45, 2.75) is 31.2 Å². The van der Waals surface area contributed by atoms with Gasteiger partial charge in [0.2, 0.25) is 15.9 Å². The Morgan fingerprint density at radius 1 is 1.42 bits per heavy atom. The Morgan fingerprint density at radius 2 is 2.08 bits per heavy atom. The smallest absolute Gasteiger partial charge is 0.264 e. The molecule has 2 amide bonds. The fraction of sp³-hybridized carbons (Fsp3) is 0.467. The van der Waals surface area contributed by atoms with Crippen molar-refractivity contribution < 1.29 is 22.7 Å². The average molecular weight is 355 g/mol. The number of fused-ring (bicyclic) bond motifs is 1. The Hall–Kier alpha value is -2.13. The number of carbonyl (C=O) groups is 2. The highest BCUT2D eigenvalue weighted by molar-refractivity contribution is 7.89. The summed E-state index contributed by atoms with van der Waals surface area (Å²) < 4.78 is 32.7. The first-order chi connectivity index (χ1) is 11.1. The molecule has 0 spiro atoms. The minimum atomic E-state index is -3.97. The lowest BCUT2D eigenvalue weighted by Gasteiger charge is -2.26. The molecule has 1 aromatic rings. The number of rotatable bonds is 6. The molecule has 1 aliphatic heterocycles. The molecule has 9 heteroatoms. The summed E-state index contributed by atoms with van der Waals surface area (Å²) in [5.41, 5.74) is 5.64. The number of nitrogens with one attached hydrogen (secondary N) is 1. The second-order valence-corrected chi connectivity index (χ2v) is 7.79. The Labute approximate surface area is 141 Å². The van der Waals surface area contributed by atoms with E-state index < -0.39 is 22.0 Å². The first-order valence-corrected chi connectivity index (χ1v) is 8.95. The van der Waals surface area contributed by atoms with Crippen LogP contribution < -0.4 is 20.1 Å². The highest BCUT2D eigenvalue weighted by Crippen LogP contribution is 2.33. The van der Waals surface area contributed by atoms with Gasteiger partial charge in [-0.25, -0.2) is 8.42 Å². The maximum atomic E-state index is 12.5. The van der Waals surface area contributed by atoms with Gasteiger partial charge in [0.05, 0.1) is 10.6 Å². The number of nitrogens with two attached hydrogens (primary N) is 1. The van der Waals surface area contributed by atoms with Crippen LogP contribution in [0.5, 0.6) is 5.75 Å². The van der Waals surface area contributed by atoms with Crippen LogP contribution in [0.2, 0.25) is 0 Å². The van der Waals surface area contributed by atoms with Gasteiger partial charge < -0.3 is 15.4 Å². The lowest BCUT2D eigenvalue weighted by atomic mass is 10.0. The van der Waals surface area contributed by atoms with Crippen molar-refractivity contribution in [3.05, 3.63) is 18.2 Å². The second-order valence-electron chi connectivity index (χ2n) is 6.08. The van der Waals surface area contributed by atoms with E-state index in [0.717, 1.165) is 0 Å². The molecule has 0 unspecified atom stereocenters. The average Bonchev–Trinajstić information content (AvgIpc) is 2.49. The third kappa shape index (κ3) is 3.85. The zero-order valence-corrected chi connectivity index (χ0v) is 14.6. The van der Waals surface area contributed by atoms with E-state index in [1.165, 1.54) is 23.1 Å². The molecule has 1 heterocycles. The van der Waals surface area contributed by atoms with E-state index in [1.807, 2.05) is 13.8 Å². The molecule has 1 aliphatic rings. The molecular weight excluding hydrogens is 334 g/mol. The first kappa shape index (κ1) is 18.2. The maximum Gasteiger partial charge on any atom is 0.264 e. The topological polar surface area (TPSA) is 119 Å². The van der Waals surface area contributed by atoms with E-state index in [2.05, 4.69) is 4.72 Å². The highest BCUT2D eigenvalue weighted by atomic mass is 32.2. The Bertz CT molecular complexity index is 760. The van der Waals surface area contributed by atoms with Gasteiger partial charge in [-0.3, -0.25) is 9.59 Å². The van der Waals surface area contributed by atoms with Crippen LogP contribution in [-0.4, -0.2) is 39.9 Å². The van der Waals surface area contributed by atoms with Crippen molar-refractivity contribution in [3.63, 3.8) is 0 Å². The van der Waals surface area contributed by atoms with Crippen LogP contribution in [0.1, 0.15) is 20.3 Å². The van der Waals surface area contributed by atoms with E-state index in [0.29, 0.717) is 17.9 Å². The molecule has 0 aliphatic carbocycles. The third-order valence-corrected chi connectivity index (χ3v) is 5.14. The summed E-state index contributed by atoms with van der Waals surface area (Å²) in [6, 6.07) is 3.18. The van der Waals surface area contributed by atoms with Gasteiger partial charge in [0.1, 0.15) is 11.8 Å². The Kier molecular flexibility index (Phi) is 5.14. The number of nitrogens with zero attached hydrogens (tertiary/aromatic N) is 1. The van der Waals surface area contributed by atoms with Gasteiger partial charge >= 0.3 is 0 Å². The second kappa shape index (κ2) is 6.78. The zero-order chi connectivity index (χ0) is 18.1. The number of ether oxygens (including phenoxy) is 1. The van der Waals surface area contributed by atoms with Crippen LogP contribution in [0.15, 0.2) is 23.1 Å². The summed E-state index contributed by atoms with van der Waals surface area (Å²) >= 11 is 0. The molecule has 0 fully saturated rings. The summed E-state index contributed by atoms with van der Waals surface area (Å²) in [5.74, 6) is -0.503. The SMILES string of the molecule is CC(C)C[C@@H](NS(=O)(=O)c1ccc2c(c1)N(C)C(=O)CO2)C(N)=O. The number of primary amides is 1. The number of carbonyl (C=O) groups excluding carboxylic acids is 2. The molecule has 1 aromatic carbocycles. The van der Waals surface area contributed by atoms with Gasteiger partial charge in [-0.15, -0.1) is 0 Å². The van der Waals surface area contributed by atoms with Gasteiger partial charge in [-0.05, 0) is 30.5 Å². The van der Waals surface area contributed by atoms with Gasteiger partial charge in [-0.1, -0.05) is 13.8 Å². The minimum Gasteiger partial charge on any atom is -0.482 e. The Balaban J connectivity index is 2.33. The molecule has 0 aromatic heterocycles. The molecule has 0 saturated heterocycles. The highest BCUT2D eigenvalue weighted by Gasteiger charge is 2.28. The number of likely N-dealkylation sites (N-methyl/N-ethyl adjacent to an activating group) is 1. The summed E-state index contributed by atoms with van der Waals surface area (Å²) in [7, 11) is -2.43. The summed E-state index contributed by atoms with van der Waals surface area (Å²) in [6.45, 7) is 3.63. The molecule has 24 heavy (non-hydrogen) atoms. The van der Waals surface area contributed by atoms with Gasteiger partial charge in [-0.2, -0.15) is 4.72 Å². The predicted molar refractivity (Wildman–Crippen MR) is 88.1 cm³/mol. The molecule has 3 N–H and O–H groups in total. The third-order valence-electron chi connectivity index (χ3n) is 3.68. The van der Waals surface area contributed by atoms with Crippen molar-refractivity contribution in [2.75, 3.05) is 18.6 Å². The number of amides is 2. The molecule has 0 bridgehead atoms. The van der Waals surface area contributed by atoms with Crippen LogP contribution in [-0.2, 0) is 19.6 Å². The fourth-order valence-electron chi connectivity index (χ4n) is 2.37. The van der Waals surface area contributed by atoms with Crippen LogP contribution in [0, 0.1) is 5.92 Å². The van der Waals surface area contributed by atoms with Crippen molar-refractivity contribution in [2.24, 2.45) is 11.7 Å². The molecular formula is C15H21N3O5S. The predicted octanol–water partition coefficient (Wildman–Crippen LogP) is 0.220. The number of sulfonamides is 1. The van der Waals surface area contributed by atoms with E-state index in [1.54, 1.807) is 7.05 Å². The number of benzene rings is 1. The van der Waals surface area contributed by atoms with Gasteiger partial charge in [0.25, 0.3) is 5.91 Å². The maximum absolute atomic E-state index is 12.5. The molecule has 0 saturated carbocycles. The first-order valence-electron chi connectivity index (χ1n) is 7.47. The van der Waals surface area contributed by atoms with Crippen molar-refractivity contribution in [1.29, 1.82) is 0 Å². The molecule has 1 atom stereocenters. The quantitative estimate of drug-likeness (QED) is 0.756. The monoisotopic (exact) mass is 355 g/mol. The van der Waals surface area contributed by atoms with Crippen LogP contribution >= 0.6 is 0 Å². The van der Waals surface area contributed by atoms with E-state index in [4.69, 9.17) is 10.5 Å². The summed E-state index contributed by atoms with van der Waals surface area (Å²) in [5, 5.41) is 0. The molecule has 0 radical (unpaired) electrons. The van der Waals surface area contributed by atoms with Gasteiger partial charge in [0.15, 0.2) is 6.61 Å². The number of anilines is 1. The van der Waals surface area contributed by atoms with E-state index in [9.17, 15) is 18.0 Å². The van der Waals surface area contributed by atoms with Crippen molar-refractivity contribution in [3.8, 4) is 5.75 Å². The zero-order valence-electron chi connectivity index (χ0n) is 13.8. The summed E-state index contributed by atoms with van der Waals surface area (Å²) in [4.78, 5) is 24.4. The van der Waals surface area contributed by atoms with E-state index >= 15 is 0 Å².